The molecule has 0 fully saturated rings. The number of carbonyl (C=O) groups is 2. The minimum absolute atomic E-state index is 0.295. The number of hydrogen-bond donors (Lipinski definition) is 1. The maximum atomic E-state index is 11.6. The molecule has 1 heterocycles. The molecule has 0 aliphatic heterocycles. The minimum atomic E-state index is -1.11. The van der Waals surface area contributed by atoms with Gasteiger partial charge in [-0.2, -0.15) is 5.10 Å². The van der Waals surface area contributed by atoms with Gasteiger partial charge in [-0.1, -0.05) is 0 Å². The Morgan fingerprint density at radius 3 is 2.47 bits per heavy atom. The molecule has 0 bridgehead atoms. The van der Waals surface area contributed by atoms with Gasteiger partial charge >= 0.3 is 5.97 Å². The largest absolute Gasteiger partial charge is 0.481 e. The van der Waals surface area contributed by atoms with Crippen molar-refractivity contribution in [2.45, 2.75) is 26.8 Å². The Bertz CT molecular complexity index is 495. The Labute approximate surface area is 111 Å². The summed E-state index contributed by atoms with van der Waals surface area (Å²) in [6, 6.07) is -1.09. The standard InChI is InChI=1S/C12H19N3O4/c1-6-15(8(3)16)10(12(17)18)9-7(2)13-14(4)11(9)19-5/h10H,6H2,1-5H3,(H,17,18). The number of aliphatic carboxylic acids is 1. The van der Waals surface area contributed by atoms with Gasteiger partial charge in [0.25, 0.3) is 0 Å². The van der Waals surface area contributed by atoms with E-state index in [-0.39, 0.29) is 5.91 Å². The molecule has 0 aliphatic carbocycles. The number of hydrogen-bond acceptors (Lipinski definition) is 4. The zero-order valence-electron chi connectivity index (χ0n) is 11.8. The molecule has 0 spiro atoms. The Hall–Kier alpha value is -2.05. The molecule has 1 N–H and O–H groups in total. The monoisotopic (exact) mass is 269 g/mol. The first kappa shape index (κ1) is 15.0. The summed E-state index contributed by atoms with van der Waals surface area (Å²) < 4.78 is 6.67. The van der Waals surface area contributed by atoms with E-state index in [4.69, 9.17) is 4.74 Å². The number of aromatic nitrogens is 2. The lowest BCUT2D eigenvalue weighted by atomic mass is 10.1. The first-order chi connectivity index (χ1) is 8.84. The van der Waals surface area contributed by atoms with Gasteiger partial charge in [0.05, 0.1) is 18.4 Å². The highest BCUT2D eigenvalue weighted by Crippen LogP contribution is 2.32. The fraction of sp³-hybridized carbons (Fsp3) is 0.583. The van der Waals surface area contributed by atoms with E-state index >= 15 is 0 Å². The molecular weight excluding hydrogens is 250 g/mol. The van der Waals surface area contributed by atoms with Gasteiger partial charge in [-0.3, -0.25) is 4.79 Å². The molecular formula is C12H19N3O4. The molecule has 0 aliphatic rings. The predicted octanol–water partition coefficient (Wildman–Crippen LogP) is 0.731. The summed E-state index contributed by atoms with van der Waals surface area (Å²) in [6.07, 6.45) is 0. The van der Waals surface area contributed by atoms with Gasteiger partial charge in [0.15, 0.2) is 6.04 Å². The Morgan fingerprint density at radius 2 is 2.11 bits per heavy atom. The average Bonchev–Trinajstić information content (AvgIpc) is 2.59. The molecule has 0 saturated heterocycles. The quantitative estimate of drug-likeness (QED) is 0.851. The van der Waals surface area contributed by atoms with Crippen molar-refractivity contribution >= 4 is 11.9 Å². The van der Waals surface area contributed by atoms with Crippen LogP contribution in [0.1, 0.15) is 31.1 Å². The molecule has 1 atom stereocenters. The van der Waals surface area contributed by atoms with E-state index in [0.29, 0.717) is 23.7 Å². The lowest BCUT2D eigenvalue weighted by Gasteiger charge is -2.27. The van der Waals surface area contributed by atoms with Gasteiger partial charge < -0.3 is 14.7 Å². The second-order valence-electron chi connectivity index (χ2n) is 4.18. The number of methoxy groups -OCH3 is 1. The van der Waals surface area contributed by atoms with Crippen LogP contribution in [-0.4, -0.2) is 45.3 Å². The fourth-order valence-corrected chi connectivity index (χ4v) is 2.21. The normalized spacial score (nSPS) is 12.1. The average molecular weight is 269 g/mol. The van der Waals surface area contributed by atoms with Crippen LogP contribution in [0.25, 0.3) is 0 Å². The van der Waals surface area contributed by atoms with Crippen LogP contribution in [0, 0.1) is 6.92 Å². The van der Waals surface area contributed by atoms with Gasteiger partial charge in [-0.25, -0.2) is 9.48 Å². The molecule has 1 aromatic heterocycles. The third kappa shape index (κ3) is 2.69. The van der Waals surface area contributed by atoms with Crippen LogP contribution < -0.4 is 4.74 Å². The first-order valence-corrected chi connectivity index (χ1v) is 5.92. The molecule has 19 heavy (non-hydrogen) atoms. The van der Waals surface area contributed by atoms with Crippen molar-refractivity contribution in [3.05, 3.63) is 11.3 Å². The number of carboxylic acid groups (broad SMARTS) is 1. The van der Waals surface area contributed by atoms with E-state index in [1.165, 1.54) is 23.6 Å². The minimum Gasteiger partial charge on any atom is -0.481 e. The van der Waals surface area contributed by atoms with Gasteiger partial charge in [0, 0.05) is 20.5 Å². The van der Waals surface area contributed by atoms with E-state index in [0.717, 1.165) is 0 Å². The van der Waals surface area contributed by atoms with Crippen molar-refractivity contribution in [2.24, 2.45) is 7.05 Å². The smallest absolute Gasteiger partial charge is 0.331 e. The van der Waals surface area contributed by atoms with E-state index < -0.39 is 12.0 Å². The maximum Gasteiger partial charge on any atom is 0.331 e. The molecule has 7 nitrogen and oxygen atoms in total. The number of amides is 1. The Balaban J connectivity index is 3.42. The van der Waals surface area contributed by atoms with Crippen molar-refractivity contribution in [3.63, 3.8) is 0 Å². The predicted molar refractivity (Wildman–Crippen MR) is 67.9 cm³/mol. The highest BCUT2D eigenvalue weighted by molar-refractivity contribution is 5.84. The number of ether oxygens (including phenoxy) is 1. The van der Waals surface area contributed by atoms with E-state index in [1.54, 1.807) is 20.9 Å². The fourth-order valence-electron chi connectivity index (χ4n) is 2.21. The van der Waals surface area contributed by atoms with Crippen LogP contribution in [0.2, 0.25) is 0 Å². The summed E-state index contributed by atoms with van der Waals surface area (Å²) in [6.45, 7) is 5.07. The van der Waals surface area contributed by atoms with Crippen molar-refractivity contribution in [1.82, 2.24) is 14.7 Å². The van der Waals surface area contributed by atoms with Crippen LogP contribution in [-0.2, 0) is 16.6 Å². The topological polar surface area (TPSA) is 84.7 Å². The van der Waals surface area contributed by atoms with Gasteiger partial charge in [-0.15, -0.1) is 0 Å². The van der Waals surface area contributed by atoms with Crippen molar-refractivity contribution in [2.75, 3.05) is 13.7 Å². The third-order valence-electron chi connectivity index (χ3n) is 2.97. The summed E-state index contributed by atoms with van der Waals surface area (Å²) in [5.41, 5.74) is 0.945. The molecule has 7 heteroatoms. The number of rotatable bonds is 5. The number of carboxylic acids is 1. The van der Waals surface area contributed by atoms with Gasteiger partial charge in [-0.05, 0) is 13.8 Å². The third-order valence-corrected chi connectivity index (χ3v) is 2.97. The molecule has 1 amide bonds. The van der Waals surface area contributed by atoms with Crippen molar-refractivity contribution in [1.29, 1.82) is 0 Å². The van der Waals surface area contributed by atoms with E-state index in [1.807, 2.05) is 0 Å². The second-order valence-corrected chi connectivity index (χ2v) is 4.18. The summed E-state index contributed by atoms with van der Waals surface area (Å²) in [4.78, 5) is 24.4. The number of carbonyl (C=O) groups excluding carboxylic acids is 1. The first-order valence-electron chi connectivity index (χ1n) is 5.92. The summed E-state index contributed by atoms with van der Waals surface area (Å²) in [5.74, 6) is -1.06. The zero-order valence-corrected chi connectivity index (χ0v) is 11.8. The Kier molecular flexibility index (Phi) is 4.52. The number of likely N-dealkylation sites (N-methyl/N-ethyl adjacent to an activating group) is 1. The molecule has 1 aromatic rings. The molecule has 1 unspecified atom stereocenters. The van der Waals surface area contributed by atoms with Crippen molar-refractivity contribution in [3.8, 4) is 5.88 Å². The molecule has 0 radical (unpaired) electrons. The van der Waals surface area contributed by atoms with E-state index in [9.17, 15) is 14.7 Å². The van der Waals surface area contributed by atoms with Crippen molar-refractivity contribution < 1.29 is 19.4 Å². The van der Waals surface area contributed by atoms with E-state index in [2.05, 4.69) is 5.10 Å². The lowest BCUT2D eigenvalue weighted by molar-refractivity contribution is -0.149. The highest BCUT2D eigenvalue weighted by Gasteiger charge is 2.34. The Morgan fingerprint density at radius 1 is 1.53 bits per heavy atom. The second kappa shape index (κ2) is 5.73. The number of aryl methyl sites for hydroxylation is 2. The summed E-state index contributed by atoms with van der Waals surface area (Å²) in [7, 11) is 3.11. The summed E-state index contributed by atoms with van der Waals surface area (Å²) in [5, 5.41) is 13.6. The molecule has 106 valence electrons. The molecule has 0 saturated carbocycles. The lowest BCUT2D eigenvalue weighted by Crippen LogP contribution is -2.37. The molecule has 0 aromatic carbocycles. The van der Waals surface area contributed by atoms with Gasteiger partial charge in [0.1, 0.15) is 0 Å². The van der Waals surface area contributed by atoms with Crippen LogP contribution in [0.15, 0.2) is 0 Å². The zero-order chi connectivity index (χ0) is 14.7. The highest BCUT2D eigenvalue weighted by atomic mass is 16.5. The van der Waals surface area contributed by atoms with Crippen LogP contribution in [0.3, 0.4) is 0 Å². The maximum absolute atomic E-state index is 11.6. The van der Waals surface area contributed by atoms with Gasteiger partial charge in [0.2, 0.25) is 11.8 Å². The van der Waals surface area contributed by atoms with Crippen LogP contribution >= 0.6 is 0 Å². The van der Waals surface area contributed by atoms with Crippen LogP contribution in [0.4, 0.5) is 0 Å². The number of nitrogens with zero attached hydrogens (tertiary/aromatic N) is 3. The van der Waals surface area contributed by atoms with Crippen LogP contribution in [0.5, 0.6) is 5.88 Å². The molecule has 1 rings (SSSR count). The summed E-state index contributed by atoms with van der Waals surface area (Å²) >= 11 is 0. The SMILES string of the molecule is CCN(C(C)=O)C(C(=O)O)c1c(C)nn(C)c1OC.